The first-order valence-corrected chi connectivity index (χ1v) is 11.8. The monoisotopic (exact) mass is 434 g/mol. The molecule has 0 N–H and O–H groups in total. The molecule has 3 aliphatic carbocycles. The van der Waals surface area contributed by atoms with Gasteiger partial charge in [-0.3, -0.25) is 4.79 Å². The van der Waals surface area contributed by atoms with Crippen LogP contribution in [0.4, 0.5) is 0 Å². The smallest absolute Gasteiger partial charge is 0.167 e. The maximum absolute atomic E-state index is 13.3. The van der Waals surface area contributed by atoms with Crippen molar-refractivity contribution in [3.8, 4) is 0 Å². The molecule has 0 amide bonds. The lowest BCUT2D eigenvalue weighted by Crippen LogP contribution is -2.64. The van der Waals surface area contributed by atoms with Crippen molar-refractivity contribution in [2.75, 3.05) is 20.5 Å². The number of rotatable bonds is 3. The van der Waals surface area contributed by atoms with Crippen LogP contribution in [-0.4, -0.2) is 56.0 Å². The molecule has 1 spiro atoms. The highest BCUT2D eigenvalue weighted by Gasteiger charge is 2.73. The summed E-state index contributed by atoms with van der Waals surface area (Å²) in [6.07, 6.45) is 3.01. The summed E-state index contributed by atoms with van der Waals surface area (Å²) >= 11 is 0. The van der Waals surface area contributed by atoms with Crippen LogP contribution in [0.3, 0.4) is 0 Å². The van der Waals surface area contributed by atoms with Gasteiger partial charge < -0.3 is 23.7 Å². The lowest BCUT2D eigenvalue weighted by molar-refractivity contribution is -0.171. The van der Waals surface area contributed by atoms with Crippen molar-refractivity contribution in [3.05, 3.63) is 12.2 Å². The Hall–Kier alpha value is -0.790. The minimum Gasteiger partial charge on any atom is -0.361 e. The van der Waals surface area contributed by atoms with E-state index in [1.165, 1.54) is 0 Å². The molecular weight excluding hydrogens is 396 g/mol. The summed E-state index contributed by atoms with van der Waals surface area (Å²) in [7, 11) is 1.65. The van der Waals surface area contributed by atoms with Gasteiger partial charge in [0, 0.05) is 24.9 Å². The van der Waals surface area contributed by atoms with Crippen molar-refractivity contribution in [2.45, 2.75) is 90.0 Å². The third kappa shape index (κ3) is 3.05. The topological polar surface area (TPSA) is 66.5 Å². The van der Waals surface area contributed by atoms with Crippen LogP contribution in [0.2, 0.25) is 0 Å². The molecule has 3 saturated carbocycles. The number of fused-ring (bicyclic) bond motifs is 7. The van der Waals surface area contributed by atoms with E-state index in [9.17, 15) is 4.79 Å². The van der Waals surface area contributed by atoms with Gasteiger partial charge in [-0.2, -0.15) is 0 Å². The molecule has 174 valence electrons. The first kappa shape index (κ1) is 22.0. The number of carbonyl (C=O) groups excluding carboxylic acids is 1. The van der Waals surface area contributed by atoms with Crippen molar-refractivity contribution >= 4 is 5.78 Å². The number of hydrogen-bond donors (Lipinski definition) is 0. The summed E-state index contributed by atoms with van der Waals surface area (Å²) < 4.78 is 30.4. The van der Waals surface area contributed by atoms with Crippen molar-refractivity contribution in [1.29, 1.82) is 0 Å². The lowest BCUT2D eigenvalue weighted by atomic mass is 9.47. The van der Waals surface area contributed by atoms with E-state index >= 15 is 0 Å². The molecule has 0 aromatic heterocycles. The minimum atomic E-state index is -0.694. The van der Waals surface area contributed by atoms with Gasteiger partial charge in [-0.15, -0.1) is 0 Å². The fourth-order valence-corrected chi connectivity index (χ4v) is 7.56. The maximum atomic E-state index is 13.3. The Morgan fingerprint density at radius 1 is 1.16 bits per heavy atom. The van der Waals surface area contributed by atoms with Crippen LogP contribution in [0.25, 0.3) is 0 Å². The fourth-order valence-electron chi connectivity index (χ4n) is 7.56. The van der Waals surface area contributed by atoms with Crippen LogP contribution in [0.1, 0.15) is 60.3 Å². The van der Waals surface area contributed by atoms with Crippen LogP contribution in [0, 0.1) is 28.6 Å². The van der Waals surface area contributed by atoms with E-state index in [2.05, 4.69) is 27.4 Å². The molecule has 2 bridgehead atoms. The highest BCUT2D eigenvalue weighted by Crippen LogP contribution is 2.66. The number of ketones is 1. The third-order valence-corrected chi connectivity index (χ3v) is 9.33. The van der Waals surface area contributed by atoms with Gasteiger partial charge in [-0.1, -0.05) is 27.4 Å². The summed E-state index contributed by atoms with van der Waals surface area (Å²) in [6.45, 7) is 16.2. The number of carbonyl (C=O) groups is 1. The molecular formula is C25H38O6. The Bertz CT molecular complexity index is 783. The Labute approximate surface area is 186 Å². The zero-order chi connectivity index (χ0) is 22.4. The summed E-state index contributed by atoms with van der Waals surface area (Å²) in [5.74, 6) is -0.0200. The van der Waals surface area contributed by atoms with Crippen LogP contribution in [0.5, 0.6) is 0 Å². The van der Waals surface area contributed by atoms with E-state index in [1.54, 1.807) is 7.11 Å². The second kappa shape index (κ2) is 6.86. The first-order chi connectivity index (χ1) is 14.5. The lowest BCUT2D eigenvalue weighted by Gasteiger charge is -2.59. The highest BCUT2D eigenvalue weighted by molar-refractivity contribution is 5.91. The molecule has 2 saturated heterocycles. The highest BCUT2D eigenvalue weighted by atomic mass is 16.8. The third-order valence-electron chi connectivity index (χ3n) is 9.33. The number of epoxide rings is 1. The van der Waals surface area contributed by atoms with Gasteiger partial charge in [0.15, 0.2) is 17.2 Å². The largest absolute Gasteiger partial charge is 0.361 e. The van der Waals surface area contributed by atoms with Crippen molar-refractivity contribution < 1.29 is 28.5 Å². The number of methoxy groups -OCH3 is 1. The van der Waals surface area contributed by atoms with Crippen molar-refractivity contribution in [3.63, 3.8) is 0 Å². The second-order valence-electron chi connectivity index (χ2n) is 11.8. The molecule has 0 aromatic rings. The van der Waals surface area contributed by atoms with Gasteiger partial charge in [0.2, 0.25) is 0 Å². The standard InChI is InChI=1S/C25H38O6/c1-14-16-10-15-11-18(26)25(12-29-25)20(22(15,2)3)19-21(31-23(4,5)30-19)24(16,6)9-8-17(14)28-13-27-7/h15-17,19-21H,1,8-13H2,2-7H3/t15-,16+,17-,19+,20-,21-,24+,25+/m0/s1. The summed E-state index contributed by atoms with van der Waals surface area (Å²) in [5.41, 5.74) is 0.180. The Kier molecular flexibility index (Phi) is 4.87. The number of ether oxygens (including phenoxy) is 5. The molecule has 8 atom stereocenters. The van der Waals surface area contributed by atoms with Crippen molar-refractivity contribution in [2.24, 2.45) is 28.6 Å². The Balaban J connectivity index is 1.60. The maximum Gasteiger partial charge on any atom is 0.167 e. The van der Waals surface area contributed by atoms with Gasteiger partial charge in [-0.05, 0) is 55.9 Å². The normalized spacial score (nSPS) is 49.9. The molecule has 0 aromatic carbocycles. The number of Topliss-reactive ketones (excluding diaryl/α,β-unsaturated/α-hetero) is 1. The molecule has 5 aliphatic rings. The molecule has 31 heavy (non-hydrogen) atoms. The van der Waals surface area contributed by atoms with E-state index in [-0.39, 0.29) is 59.5 Å². The van der Waals surface area contributed by atoms with E-state index in [4.69, 9.17) is 23.7 Å². The van der Waals surface area contributed by atoms with E-state index in [0.29, 0.717) is 13.0 Å². The first-order valence-electron chi connectivity index (χ1n) is 11.8. The Morgan fingerprint density at radius 3 is 2.52 bits per heavy atom. The molecule has 2 aliphatic heterocycles. The molecule has 0 unspecified atom stereocenters. The van der Waals surface area contributed by atoms with Crippen LogP contribution >= 0.6 is 0 Å². The average molecular weight is 435 g/mol. The fraction of sp³-hybridized carbons (Fsp3) is 0.880. The van der Waals surface area contributed by atoms with Crippen molar-refractivity contribution in [1.82, 2.24) is 0 Å². The van der Waals surface area contributed by atoms with Crippen LogP contribution in [0.15, 0.2) is 12.2 Å². The molecule has 6 heteroatoms. The number of hydrogen-bond acceptors (Lipinski definition) is 6. The molecule has 0 radical (unpaired) electrons. The molecule has 6 nitrogen and oxygen atoms in total. The second-order valence-corrected chi connectivity index (χ2v) is 11.8. The van der Waals surface area contributed by atoms with Crippen LogP contribution in [-0.2, 0) is 28.5 Å². The molecule has 5 rings (SSSR count). The van der Waals surface area contributed by atoms with Gasteiger partial charge >= 0.3 is 0 Å². The predicted octanol–water partition coefficient (Wildman–Crippen LogP) is 3.87. The van der Waals surface area contributed by atoms with Gasteiger partial charge in [0.05, 0.1) is 24.9 Å². The van der Waals surface area contributed by atoms with Gasteiger partial charge in [-0.25, -0.2) is 0 Å². The Morgan fingerprint density at radius 2 is 1.87 bits per heavy atom. The van der Waals surface area contributed by atoms with E-state index in [1.807, 2.05) is 13.8 Å². The summed E-state index contributed by atoms with van der Waals surface area (Å²) in [6, 6.07) is 0. The quantitative estimate of drug-likeness (QED) is 0.382. The average Bonchev–Trinajstić information content (AvgIpc) is 3.39. The SMILES string of the molecule is C=C1[C@@H](OCOC)CC[C@]2(C)[C@@H]1C[C@H]1CC(=O)[C@]3(CO3)[C@@H]([C@H]3OC(C)(C)O[C@@H]32)C1(C)C. The van der Waals surface area contributed by atoms with E-state index < -0.39 is 11.4 Å². The molecule has 2 heterocycles. The van der Waals surface area contributed by atoms with Gasteiger partial charge in [0.1, 0.15) is 6.79 Å². The zero-order valence-corrected chi connectivity index (χ0v) is 19.9. The molecule has 5 fully saturated rings. The summed E-state index contributed by atoms with van der Waals surface area (Å²) in [4.78, 5) is 13.3. The predicted molar refractivity (Wildman–Crippen MR) is 114 cm³/mol. The summed E-state index contributed by atoms with van der Waals surface area (Å²) in [5, 5.41) is 0. The minimum absolute atomic E-state index is 0.00784. The zero-order valence-electron chi connectivity index (χ0n) is 19.9. The van der Waals surface area contributed by atoms with E-state index in [0.717, 1.165) is 24.8 Å². The van der Waals surface area contributed by atoms with Gasteiger partial charge in [0.25, 0.3) is 0 Å². The van der Waals surface area contributed by atoms with Crippen LogP contribution < -0.4 is 0 Å².